The van der Waals surface area contributed by atoms with Crippen molar-refractivity contribution in [3.8, 4) is 0 Å². The zero-order chi connectivity index (χ0) is 22.0. The van der Waals surface area contributed by atoms with E-state index in [4.69, 9.17) is 9.47 Å². The lowest BCUT2D eigenvalue weighted by atomic mass is 10.1. The fraction of sp³-hybridized carbons (Fsp3) is 0.600. The molecule has 1 aliphatic heterocycles. The summed E-state index contributed by atoms with van der Waals surface area (Å²) in [6.07, 6.45) is -3.38. The lowest BCUT2D eigenvalue weighted by Crippen LogP contribution is -2.44. The van der Waals surface area contributed by atoms with E-state index >= 15 is 0 Å². The standard InChI is InChI=1S/C20H29F3N4O3/c1-27(2)18(28)11-26-19(25-10-17-6-7-29-13-17)24-9-15-4-3-5-16(8-15)12-30-14-20(21,22)23/h3-5,8,17H,6-7,9-14H2,1-2H3,(H2,24,25,26). The van der Waals surface area contributed by atoms with Crippen LogP contribution in [0, 0.1) is 5.92 Å². The number of likely N-dealkylation sites (N-methyl/N-ethyl adjacent to an activating group) is 1. The fourth-order valence-corrected chi connectivity index (χ4v) is 2.75. The summed E-state index contributed by atoms with van der Waals surface area (Å²) < 4.78 is 46.7. The molecule has 2 N–H and O–H groups in total. The molecule has 0 aliphatic carbocycles. The Morgan fingerprint density at radius 3 is 2.73 bits per heavy atom. The van der Waals surface area contributed by atoms with Crippen molar-refractivity contribution in [2.75, 3.05) is 47.0 Å². The lowest BCUT2D eigenvalue weighted by Gasteiger charge is -2.16. The molecule has 1 aromatic carbocycles. The van der Waals surface area contributed by atoms with Crippen molar-refractivity contribution in [3.05, 3.63) is 35.4 Å². The number of benzene rings is 1. The number of carbonyl (C=O) groups is 1. The number of ether oxygens (including phenoxy) is 2. The Balaban J connectivity index is 1.94. The third-order valence-corrected chi connectivity index (χ3v) is 4.43. The number of alkyl halides is 3. The molecule has 0 radical (unpaired) electrons. The van der Waals surface area contributed by atoms with E-state index in [1.807, 2.05) is 6.07 Å². The first-order chi connectivity index (χ1) is 14.2. The molecule has 0 aromatic heterocycles. The van der Waals surface area contributed by atoms with Crippen LogP contribution in [0.4, 0.5) is 13.2 Å². The van der Waals surface area contributed by atoms with Gasteiger partial charge in [0.15, 0.2) is 5.96 Å². The monoisotopic (exact) mass is 430 g/mol. The van der Waals surface area contributed by atoms with Gasteiger partial charge in [-0.25, -0.2) is 4.99 Å². The number of rotatable bonds is 9. The van der Waals surface area contributed by atoms with Crippen LogP contribution in [0.3, 0.4) is 0 Å². The van der Waals surface area contributed by atoms with Crippen molar-refractivity contribution >= 4 is 11.9 Å². The van der Waals surface area contributed by atoms with Crippen LogP contribution < -0.4 is 10.6 Å². The van der Waals surface area contributed by atoms with Crippen molar-refractivity contribution in [2.45, 2.75) is 25.7 Å². The molecule has 0 bridgehead atoms. The summed E-state index contributed by atoms with van der Waals surface area (Å²) in [6, 6.07) is 7.05. The van der Waals surface area contributed by atoms with Gasteiger partial charge in [0.05, 0.1) is 26.3 Å². The second-order valence-corrected chi connectivity index (χ2v) is 7.34. The van der Waals surface area contributed by atoms with Gasteiger partial charge < -0.3 is 25.0 Å². The van der Waals surface area contributed by atoms with Gasteiger partial charge in [0.1, 0.15) is 6.61 Å². The summed E-state index contributed by atoms with van der Waals surface area (Å²) in [5, 5.41) is 6.25. The summed E-state index contributed by atoms with van der Waals surface area (Å²) in [4.78, 5) is 17.9. The third-order valence-electron chi connectivity index (χ3n) is 4.43. The molecular formula is C20H29F3N4O3. The molecule has 30 heavy (non-hydrogen) atoms. The Kier molecular flexibility index (Phi) is 9.38. The Morgan fingerprint density at radius 2 is 2.07 bits per heavy atom. The van der Waals surface area contributed by atoms with Gasteiger partial charge in [0.2, 0.25) is 5.91 Å². The van der Waals surface area contributed by atoms with Crippen LogP contribution >= 0.6 is 0 Å². The van der Waals surface area contributed by atoms with Crippen molar-refractivity contribution < 1.29 is 27.4 Å². The number of carbonyl (C=O) groups excluding carboxylic acids is 1. The lowest BCUT2D eigenvalue weighted by molar-refractivity contribution is -0.176. The summed E-state index contributed by atoms with van der Waals surface area (Å²) in [6.45, 7) is 1.11. The van der Waals surface area contributed by atoms with E-state index in [9.17, 15) is 18.0 Å². The van der Waals surface area contributed by atoms with E-state index in [-0.39, 0.29) is 19.1 Å². The van der Waals surface area contributed by atoms with E-state index in [0.717, 1.165) is 18.6 Å². The SMILES string of the molecule is CN(C)C(=O)CNC(=NCc1cccc(COCC(F)(F)F)c1)NCC1CCOC1. The average Bonchev–Trinajstić information content (AvgIpc) is 3.20. The van der Waals surface area contributed by atoms with Gasteiger partial charge in [-0.2, -0.15) is 13.2 Å². The van der Waals surface area contributed by atoms with E-state index in [1.54, 1.807) is 32.3 Å². The summed E-state index contributed by atoms with van der Waals surface area (Å²) in [7, 11) is 3.35. The maximum absolute atomic E-state index is 12.2. The molecule has 1 unspecified atom stereocenters. The number of amides is 1. The van der Waals surface area contributed by atoms with Crippen molar-refractivity contribution in [1.29, 1.82) is 0 Å². The Bertz CT molecular complexity index is 705. The van der Waals surface area contributed by atoms with Crippen molar-refractivity contribution in [2.24, 2.45) is 10.9 Å². The largest absolute Gasteiger partial charge is 0.411 e. The van der Waals surface area contributed by atoms with Crippen molar-refractivity contribution in [1.82, 2.24) is 15.5 Å². The Labute approximate surface area is 174 Å². The number of nitrogens with zero attached hydrogens (tertiary/aromatic N) is 2. The van der Waals surface area contributed by atoms with Crippen molar-refractivity contribution in [3.63, 3.8) is 0 Å². The molecule has 1 amide bonds. The number of nitrogens with one attached hydrogen (secondary N) is 2. The third kappa shape index (κ3) is 9.45. The second-order valence-electron chi connectivity index (χ2n) is 7.34. The van der Waals surface area contributed by atoms with Crippen LogP contribution in [0.1, 0.15) is 17.5 Å². The molecule has 10 heteroatoms. The highest BCUT2D eigenvalue weighted by molar-refractivity contribution is 5.86. The van der Waals surface area contributed by atoms with Crippen LogP contribution in [-0.4, -0.2) is 69.9 Å². The number of halogens is 3. The highest BCUT2D eigenvalue weighted by Gasteiger charge is 2.27. The van der Waals surface area contributed by atoms with E-state index < -0.39 is 12.8 Å². The minimum atomic E-state index is -4.34. The maximum atomic E-state index is 12.2. The fourth-order valence-electron chi connectivity index (χ4n) is 2.75. The molecule has 2 rings (SSSR count). The quantitative estimate of drug-likeness (QED) is 0.463. The number of hydrogen-bond acceptors (Lipinski definition) is 4. The van der Waals surface area contributed by atoms with Crippen LogP contribution in [0.25, 0.3) is 0 Å². The molecular weight excluding hydrogens is 401 g/mol. The van der Waals surface area contributed by atoms with E-state index in [2.05, 4.69) is 15.6 Å². The van der Waals surface area contributed by atoms with Gasteiger partial charge in [-0.1, -0.05) is 24.3 Å². The van der Waals surface area contributed by atoms with Crippen LogP contribution in [0.15, 0.2) is 29.3 Å². The molecule has 0 saturated carbocycles. The topological polar surface area (TPSA) is 75.2 Å². The molecule has 1 aromatic rings. The van der Waals surface area contributed by atoms with Gasteiger partial charge in [-0.15, -0.1) is 0 Å². The predicted molar refractivity (Wildman–Crippen MR) is 107 cm³/mol. The first-order valence-electron chi connectivity index (χ1n) is 9.75. The summed E-state index contributed by atoms with van der Waals surface area (Å²) in [5.74, 6) is 0.795. The minimum absolute atomic E-state index is 0.0856. The summed E-state index contributed by atoms with van der Waals surface area (Å²) >= 11 is 0. The molecule has 1 aliphatic rings. The zero-order valence-corrected chi connectivity index (χ0v) is 17.3. The van der Waals surface area contributed by atoms with Gasteiger partial charge >= 0.3 is 6.18 Å². The number of aliphatic imine (C=N–C) groups is 1. The average molecular weight is 430 g/mol. The first-order valence-corrected chi connectivity index (χ1v) is 9.75. The van der Waals surface area contributed by atoms with Gasteiger partial charge in [0, 0.05) is 33.2 Å². The molecule has 1 fully saturated rings. The van der Waals surface area contributed by atoms with Crippen LogP contribution in [0.5, 0.6) is 0 Å². The van der Waals surface area contributed by atoms with Gasteiger partial charge in [-0.05, 0) is 17.5 Å². The Morgan fingerprint density at radius 1 is 1.30 bits per heavy atom. The normalized spacial score (nSPS) is 17.1. The van der Waals surface area contributed by atoms with E-state index in [0.29, 0.717) is 37.1 Å². The van der Waals surface area contributed by atoms with Crippen LogP contribution in [-0.2, 0) is 27.4 Å². The molecule has 1 heterocycles. The number of guanidine groups is 1. The maximum Gasteiger partial charge on any atom is 0.411 e. The predicted octanol–water partition coefficient (Wildman–Crippen LogP) is 1.93. The van der Waals surface area contributed by atoms with Crippen LogP contribution in [0.2, 0.25) is 0 Å². The summed E-state index contributed by atoms with van der Waals surface area (Å²) in [5.41, 5.74) is 1.47. The van der Waals surface area contributed by atoms with E-state index in [1.165, 1.54) is 4.90 Å². The molecule has 168 valence electrons. The second kappa shape index (κ2) is 11.8. The first kappa shape index (κ1) is 23.9. The Hall–Kier alpha value is -2.33. The molecule has 0 spiro atoms. The molecule has 7 nitrogen and oxygen atoms in total. The van der Waals surface area contributed by atoms with Gasteiger partial charge in [-0.3, -0.25) is 4.79 Å². The molecule has 1 saturated heterocycles. The zero-order valence-electron chi connectivity index (χ0n) is 17.3. The van der Waals surface area contributed by atoms with Gasteiger partial charge in [0.25, 0.3) is 0 Å². The molecule has 1 atom stereocenters. The number of hydrogen-bond donors (Lipinski definition) is 2. The highest BCUT2D eigenvalue weighted by Crippen LogP contribution is 2.16. The highest BCUT2D eigenvalue weighted by atomic mass is 19.4. The smallest absolute Gasteiger partial charge is 0.381 e. The minimum Gasteiger partial charge on any atom is -0.381 e.